The summed E-state index contributed by atoms with van der Waals surface area (Å²) in [5, 5.41) is 0. The fraction of sp³-hybridized carbons (Fsp3) is 0.765. The van der Waals surface area contributed by atoms with Crippen molar-refractivity contribution >= 4 is 0 Å². The van der Waals surface area contributed by atoms with Gasteiger partial charge < -0.3 is 15.0 Å². The van der Waals surface area contributed by atoms with E-state index >= 15 is 0 Å². The molecule has 1 aliphatic rings. The molecule has 0 bridgehead atoms. The van der Waals surface area contributed by atoms with Gasteiger partial charge in [0.1, 0.15) is 0 Å². The van der Waals surface area contributed by atoms with Crippen molar-refractivity contribution in [1.29, 1.82) is 0 Å². The molecule has 20 heavy (non-hydrogen) atoms. The molecule has 0 saturated carbocycles. The molecule has 3 nitrogen and oxygen atoms in total. The number of aryl methyl sites for hydroxylation is 1. The van der Waals surface area contributed by atoms with Crippen molar-refractivity contribution in [1.82, 2.24) is 4.57 Å². The first kappa shape index (κ1) is 15.6. The largest absolute Gasteiger partial charge is 0.381 e. The van der Waals surface area contributed by atoms with Crippen LogP contribution in [0.25, 0.3) is 0 Å². The predicted octanol–water partition coefficient (Wildman–Crippen LogP) is 3.59. The summed E-state index contributed by atoms with van der Waals surface area (Å²) < 4.78 is 8.05. The van der Waals surface area contributed by atoms with E-state index in [-0.39, 0.29) is 6.04 Å². The van der Waals surface area contributed by atoms with Crippen LogP contribution in [0.2, 0.25) is 0 Å². The molecule has 0 spiro atoms. The van der Waals surface area contributed by atoms with Crippen LogP contribution in [0.4, 0.5) is 0 Å². The fourth-order valence-corrected chi connectivity index (χ4v) is 3.39. The third-order valence-electron chi connectivity index (χ3n) is 4.29. The number of nitrogens with zero attached hydrogens (tertiary/aromatic N) is 1. The summed E-state index contributed by atoms with van der Waals surface area (Å²) in [6, 6.07) is 2.49. The minimum absolute atomic E-state index is 0.199. The molecule has 1 aromatic heterocycles. The minimum atomic E-state index is 0.199. The third-order valence-corrected chi connectivity index (χ3v) is 4.29. The molecule has 1 atom stereocenters. The lowest BCUT2D eigenvalue weighted by molar-refractivity contribution is 0.129. The first-order valence-corrected chi connectivity index (χ1v) is 7.97. The monoisotopic (exact) mass is 278 g/mol. The summed E-state index contributed by atoms with van der Waals surface area (Å²) in [7, 11) is 0. The van der Waals surface area contributed by atoms with Gasteiger partial charge in [-0.3, -0.25) is 0 Å². The molecular formula is C17H30N2O. The van der Waals surface area contributed by atoms with Gasteiger partial charge in [0.25, 0.3) is 0 Å². The number of nitrogens with two attached hydrogens (primary N) is 1. The highest BCUT2D eigenvalue weighted by atomic mass is 16.5. The Labute approximate surface area is 123 Å². The van der Waals surface area contributed by atoms with E-state index in [1.807, 2.05) is 0 Å². The maximum Gasteiger partial charge on any atom is 0.0483 e. The number of rotatable bonds is 6. The lowest BCUT2D eigenvalue weighted by Gasteiger charge is -2.34. The fourth-order valence-electron chi connectivity index (χ4n) is 3.39. The molecule has 0 saturated heterocycles. The normalized spacial score (nSPS) is 20.9. The van der Waals surface area contributed by atoms with Crippen LogP contribution in [0.15, 0.2) is 6.07 Å². The molecule has 2 rings (SSSR count). The van der Waals surface area contributed by atoms with E-state index in [0.29, 0.717) is 5.41 Å². The van der Waals surface area contributed by atoms with Gasteiger partial charge in [0, 0.05) is 37.2 Å². The van der Waals surface area contributed by atoms with E-state index in [1.54, 1.807) is 0 Å². The summed E-state index contributed by atoms with van der Waals surface area (Å²) in [5.41, 5.74) is 10.9. The van der Waals surface area contributed by atoms with Gasteiger partial charge in [0.05, 0.1) is 0 Å². The van der Waals surface area contributed by atoms with Crippen molar-refractivity contribution in [3.63, 3.8) is 0 Å². The van der Waals surface area contributed by atoms with Crippen molar-refractivity contribution in [2.24, 2.45) is 11.1 Å². The van der Waals surface area contributed by atoms with Crippen LogP contribution in [0.5, 0.6) is 0 Å². The Balaban J connectivity index is 2.07. The number of hydrogen-bond acceptors (Lipinski definition) is 2. The van der Waals surface area contributed by atoms with Crippen molar-refractivity contribution in [2.75, 3.05) is 13.2 Å². The van der Waals surface area contributed by atoms with Gasteiger partial charge >= 0.3 is 0 Å². The Morgan fingerprint density at radius 2 is 2.15 bits per heavy atom. The predicted molar refractivity (Wildman–Crippen MR) is 83.9 cm³/mol. The highest BCUT2D eigenvalue weighted by Gasteiger charge is 2.33. The van der Waals surface area contributed by atoms with Crippen LogP contribution in [-0.4, -0.2) is 17.8 Å². The molecule has 0 aromatic carbocycles. The maximum absolute atomic E-state index is 6.36. The highest BCUT2D eigenvalue weighted by molar-refractivity contribution is 5.34. The zero-order valence-corrected chi connectivity index (χ0v) is 13.5. The van der Waals surface area contributed by atoms with Crippen molar-refractivity contribution in [2.45, 2.75) is 66.0 Å². The smallest absolute Gasteiger partial charge is 0.0483 e. The van der Waals surface area contributed by atoms with E-state index in [9.17, 15) is 0 Å². The quantitative estimate of drug-likeness (QED) is 0.808. The van der Waals surface area contributed by atoms with Crippen molar-refractivity contribution < 1.29 is 4.74 Å². The van der Waals surface area contributed by atoms with Gasteiger partial charge in [0.15, 0.2) is 0 Å². The molecule has 1 aromatic rings. The molecular weight excluding hydrogens is 248 g/mol. The molecule has 0 radical (unpaired) electrons. The maximum atomic E-state index is 6.36. The molecule has 2 N–H and O–H groups in total. The van der Waals surface area contributed by atoms with Crippen LogP contribution >= 0.6 is 0 Å². The second-order valence-corrected chi connectivity index (χ2v) is 6.96. The molecule has 0 amide bonds. The second-order valence-electron chi connectivity index (χ2n) is 6.96. The summed E-state index contributed by atoms with van der Waals surface area (Å²) in [4.78, 5) is 0. The Bertz CT molecular complexity index is 448. The van der Waals surface area contributed by atoms with E-state index in [1.165, 1.54) is 17.0 Å². The van der Waals surface area contributed by atoms with Gasteiger partial charge in [0.2, 0.25) is 0 Å². The van der Waals surface area contributed by atoms with Gasteiger partial charge in [-0.05, 0) is 49.7 Å². The van der Waals surface area contributed by atoms with Gasteiger partial charge in [-0.1, -0.05) is 20.8 Å². The van der Waals surface area contributed by atoms with Crippen LogP contribution in [0, 0.1) is 12.3 Å². The standard InChI is InChI=1S/C17H30N2O/c1-5-8-20-9-6-7-19-13(2)10-14-15(18)11-17(3,4)12-16(14)19/h10,15H,5-9,11-12,18H2,1-4H3. The molecule has 1 heterocycles. The Morgan fingerprint density at radius 1 is 1.40 bits per heavy atom. The van der Waals surface area contributed by atoms with E-state index < -0.39 is 0 Å². The van der Waals surface area contributed by atoms with Crippen LogP contribution in [-0.2, 0) is 17.7 Å². The van der Waals surface area contributed by atoms with E-state index in [0.717, 1.165) is 45.4 Å². The van der Waals surface area contributed by atoms with Gasteiger partial charge in [-0.15, -0.1) is 0 Å². The minimum Gasteiger partial charge on any atom is -0.381 e. The summed E-state index contributed by atoms with van der Waals surface area (Å²) in [6.45, 7) is 11.8. The van der Waals surface area contributed by atoms with Crippen LogP contribution in [0.3, 0.4) is 0 Å². The van der Waals surface area contributed by atoms with Gasteiger partial charge in [-0.25, -0.2) is 0 Å². The second kappa shape index (κ2) is 6.31. The Morgan fingerprint density at radius 3 is 2.85 bits per heavy atom. The molecule has 1 unspecified atom stereocenters. The number of hydrogen-bond donors (Lipinski definition) is 1. The molecule has 0 aliphatic heterocycles. The third kappa shape index (κ3) is 3.44. The first-order valence-electron chi connectivity index (χ1n) is 7.97. The molecule has 1 aliphatic carbocycles. The number of fused-ring (bicyclic) bond motifs is 1. The topological polar surface area (TPSA) is 40.2 Å². The number of ether oxygens (including phenoxy) is 1. The summed E-state index contributed by atoms with van der Waals surface area (Å²) in [6.07, 6.45) is 4.40. The summed E-state index contributed by atoms with van der Waals surface area (Å²) in [5.74, 6) is 0. The lowest BCUT2D eigenvalue weighted by atomic mass is 9.74. The van der Waals surface area contributed by atoms with Crippen LogP contribution in [0.1, 0.15) is 63.0 Å². The average Bonchev–Trinajstić information content (AvgIpc) is 2.65. The lowest BCUT2D eigenvalue weighted by Crippen LogP contribution is -2.30. The number of aromatic nitrogens is 1. The zero-order chi connectivity index (χ0) is 14.8. The first-order chi connectivity index (χ1) is 9.44. The van der Waals surface area contributed by atoms with E-state index in [2.05, 4.69) is 38.3 Å². The van der Waals surface area contributed by atoms with Crippen molar-refractivity contribution in [3.05, 3.63) is 23.0 Å². The molecule has 0 fully saturated rings. The van der Waals surface area contributed by atoms with Crippen LogP contribution < -0.4 is 5.73 Å². The van der Waals surface area contributed by atoms with E-state index in [4.69, 9.17) is 10.5 Å². The van der Waals surface area contributed by atoms with Gasteiger partial charge in [-0.2, -0.15) is 0 Å². The molecule has 114 valence electrons. The highest BCUT2D eigenvalue weighted by Crippen LogP contribution is 2.40. The molecule has 3 heteroatoms. The Kier molecular flexibility index (Phi) is 4.92. The SMILES string of the molecule is CCCOCCCn1c(C)cc2c1CC(C)(C)CC2N. The summed E-state index contributed by atoms with van der Waals surface area (Å²) >= 11 is 0. The Hall–Kier alpha value is -0.800. The zero-order valence-electron chi connectivity index (χ0n) is 13.5. The average molecular weight is 278 g/mol. The van der Waals surface area contributed by atoms with Crippen molar-refractivity contribution in [3.8, 4) is 0 Å².